The lowest BCUT2D eigenvalue weighted by Gasteiger charge is -2.11. The number of nitrogens with zero attached hydrogens (tertiary/aromatic N) is 1. The predicted molar refractivity (Wildman–Crippen MR) is 84.9 cm³/mol. The highest BCUT2D eigenvalue weighted by molar-refractivity contribution is 7.19. The number of aromatic nitrogens is 1. The minimum Gasteiger partial charge on any atom is -0.493 e. The quantitative estimate of drug-likeness (QED) is 0.601. The summed E-state index contributed by atoms with van der Waals surface area (Å²) in [5.41, 5.74) is 0.711. The first-order valence-corrected chi connectivity index (χ1v) is 7.40. The Labute approximate surface area is 132 Å². The number of benzene rings is 1. The van der Waals surface area contributed by atoms with E-state index in [9.17, 15) is 4.79 Å². The molecule has 22 heavy (non-hydrogen) atoms. The van der Waals surface area contributed by atoms with Crippen LogP contribution >= 0.6 is 11.3 Å². The Morgan fingerprint density at radius 1 is 1.23 bits per heavy atom. The number of ether oxygens (including phenoxy) is 4. The van der Waals surface area contributed by atoms with Crippen LogP contribution in [0.15, 0.2) is 12.1 Å². The molecule has 0 saturated heterocycles. The summed E-state index contributed by atoms with van der Waals surface area (Å²) in [6.07, 6.45) is 2.96. The van der Waals surface area contributed by atoms with E-state index in [0.717, 1.165) is 4.70 Å². The fourth-order valence-electron chi connectivity index (χ4n) is 1.95. The van der Waals surface area contributed by atoms with Gasteiger partial charge in [-0.2, -0.15) is 0 Å². The minimum atomic E-state index is -0.399. The Morgan fingerprint density at radius 2 is 1.95 bits per heavy atom. The van der Waals surface area contributed by atoms with Crippen molar-refractivity contribution in [3.8, 4) is 17.2 Å². The standard InChI is InChI=1S/C15H17NO5S/c1-5-21-12(17)7-6-11-16-9-8-10(18-2)13(19-3)14(20-4)15(9)22-11/h6-8H,5H2,1-4H3. The van der Waals surface area contributed by atoms with Crippen molar-refractivity contribution in [2.75, 3.05) is 27.9 Å². The lowest BCUT2D eigenvalue weighted by atomic mass is 10.2. The smallest absolute Gasteiger partial charge is 0.330 e. The molecule has 1 aromatic carbocycles. The third-order valence-corrected chi connectivity index (χ3v) is 3.89. The molecule has 0 aliphatic heterocycles. The molecule has 0 aliphatic rings. The highest BCUT2D eigenvalue weighted by Gasteiger charge is 2.18. The van der Waals surface area contributed by atoms with Gasteiger partial charge in [0.2, 0.25) is 5.75 Å². The first-order chi connectivity index (χ1) is 10.6. The van der Waals surface area contributed by atoms with Gasteiger partial charge in [0.15, 0.2) is 11.5 Å². The lowest BCUT2D eigenvalue weighted by molar-refractivity contribution is -0.137. The van der Waals surface area contributed by atoms with E-state index in [4.69, 9.17) is 18.9 Å². The first-order valence-electron chi connectivity index (χ1n) is 6.58. The summed E-state index contributed by atoms with van der Waals surface area (Å²) >= 11 is 1.39. The lowest BCUT2D eigenvalue weighted by Crippen LogP contribution is -1.98. The van der Waals surface area contributed by atoms with Crippen molar-refractivity contribution < 1.29 is 23.7 Å². The summed E-state index contributed by atoms with van der Waals surface area (Å²) in [6, 6.07) is 1.77. The third-order valence-electron chi connectivity index (χ3n) is 2.85. The second kappa shape index (κ2) is 7.13. The second-order valence-electron chi connectivity index (χ2n) is 4.13. The van der Waals surface area contributed by atoms with Gasteiger partial charge in [0.05, 0.1) is 33.5 Å². The number of methoxy groups -OCH3 is 3. The maximum Gasteiger partial charge on any atom is 0.330 e. The molecule has 1 aromatic heterocycles. The zero-order valence-corrected chi connectivity index (χ0v) is 13.7. The van der Waals surface area contributed by atoms with Crippen molar-refractivity contribution in [1.29, 1.82) is 0 Å². The van der Waals surface area contributed by atoms with E-state index >= 15 is 0 Å². The molecular formula is C15H17NO5S. The van der Waals surface area contributed by atoms with E-state index in [0.29, 0.717) is 34.4 Å². The molecular weight excluding hydrogens is 306 g/mol. The summed E-state index contributed by atoms with van der Waals surface area (Å²) < 4.78 is 21.7. The molecule has 0 aliphatic carbocycles. The average Bonchev–Trinajstić information content (AvgIpc) is 2.93. The average molecular weight is 323 g/mol. The van der Waals surface area contributed by atoms with Crippen LogP contribution in [0, 0.1) is 0 Å². The number of hydrogen-bond donors (Lipinski definition) is 0. The van der Waals surface area contributed by atoms with Gasteiger partial charge in [-0.15, -0.1) is 11.3 Å². The van der Waals surface area contributed by atoms with Crippen molar-refractivity contribution in [3.05, 3.63) is 17.2 Å². The molecule has 0 bridgehead atoms. The van der Waals surface area contributed by atoms with E-state index in [1.807, 2.05) is 0 Å². The van der Waals surface area contributed by atoms with E-state index in [2.05, 4.69) is 4.98 Å². The van der Waals surface area contributed by atoms with E-state index < -0.39 is 5.97 Å². The fraction of sp³-hybridized carbons (Fsp3) is 0.333. The van der Waals surface area contributed by atoms with E-state index in [1.165, 1.54) is 17.4 Å². The summed E-state index contributed by atoms with van der Waals surface area (Å²) in [5.74, 6) is 1.22. The van der Waals surface area contributed by atoms with Crippen molar-refractivity contribution in [2.45, 2.75) is 6.92 Å². The minimum absolute atomic E-state index is 0.339. The molecule has 0 fully saturated rings. The molecule has 7 heteroatoms. The maximum absolute atomic E-state index is 11.4. The van der Waals surface area contributed by atoms with Gasteiger partial charge in [0.25, 0.3) is 0 Å². The summed E-state index contributed by atoms with van der Waals surface area (Å²) in [6.45, 7) is 2.10. The number of thiazole rings is 1. The van der Waals surface area contributed by atoms with Crippen LogP contribution in [0.4, 0.5) is 0 Å². The zero-order chi connectivity index (χ0) is 16.1. The van der Waals surface area contributed by atoms with Gasteiger partial charge in [-0.1, -0.05) is 0 Å². The van der Waals surface area contributed by atoms with Gasteiger partial charge >= 0.3 is 5.97 Å². The molecule has 0 amide bonds. The van der Waals surface area contributed by atoms with Gasteiger partial charge in [-0.3, -0.25) is 0 Å². The van der Waals surface area contributed by atoms with E-state index in [1.54, 1.807) is 40.4 Å². The Hall–Kier alpha value is -2.28. The number of carbonyl (C=O) groups excluding carboxylic acids is 1. The third kappa shape index (κ3) is 3.14. The number of carbonyl (C=O) groups is 1. The summed E-state index contributed by atoms with van der Waals surface area (Å²) in [4.78, 5) is 15.8. The topological polar surface area (TPSA) is 66.9 Å². The molecule has 0 radical (unpaired) electrons. The van der Waals surface area contributed by atoms with Crippen LogP contribution in [0.3, 0.4) is 0 Å². The maximum atomic E-state index is 11.4. The summed E-state index contributed by atoms with van der Waals surface area (Å²) in [7, 11) is 4.66. The zero-order valence-electron chi connectivity index (χ0n) is 12.8. The number of hydrogen-bond acceptors (Lipinski definition) is 7. The van der Waals surface area contributed by atoms with Crippen LogP contribution in [0.2, 0.25) is 0 Å². The molecule has 2 aromatic rings. The highest BCUT2D eigenvalue weighted by Crippen LogP contribution is 2.45. The highest BCUT2D eigenvalue weighted by atomic mass is 32.1. The Kier molecular flexibility index (Phi) is 5.21. The molecule has 6 nitrogen and oxygen atoms in total. The molecule has 118 valence electrons. The number of rotatable bonds is 6. The molecule has 0 saturated carbocycles. The van der Waals surface area contributed by atoms with Gasteiger partial charge in [0, 0.05) is 12.1 Å². The Morgan fingerprint density at radius 3 is 2.55 bits per heavy atom. The number of fused-ring (bicyclic) bond motifs is 1. The van der Waals surface area contributed by atoms with Gasteiger partial charge in [-0.25, -0.2) is 9.78 Å². The predicted octanol–water partition coefficient (Wildman–Crippen LogP) is 2.90. The Balaban J connectivity index is 2.47. The largest absolute Gasteiger partial charge is 0.493 e. The van der Waals surface area contributed by atoms with Gasteiger partial charge < -0.3 is 18.9 Å². The van der Waals surface area contributed by atoms with Crippen LogP contribution < -0.4 is 14.2 Å². The monoisotopic (exact) mass is 323 g/mol. The SMILES string of the molecule is CCOC(=O)C=Cc1nc2cc(OC)c(OC)c(OC)c2s1. The van der Waals surface area contributed by atoms with Crippen molar-refractivity contribution >= 4 is 33.6 Å². The molecule has 2 rings (SSSR count). The molecule has 0 atom stereocenters. The second-order valence-corrected chi connectivity index (χ2v) is 5.16. The fourth-order valence-corrected chi connectivity index (χ4v) is 2.91. The first kappa shape index (κ1) is 16.1. The van der Waals surface area contributed by atoms with Crippen LogP contribution in [0.1, 0.15) is 11.9 Å². The van der Waals surface area contributed by atoms with Crippen LogP contribution in [-0.4, -0.2) is 38.9 Å². The van der Waals surface area contributed by atoms with Crippen molar-refractivity contribution in [2.24, 2.45) is 0 Å². The molecule has 1 heterocycles. The van der Waals surface area contributed by atoms with E-state index in [-0.39, 0.29) is 0 Å². The molecule has 0 unspecified atom stereocenters. The Bertz CT molecular complexity index is 708. The van der Waals surface area contributed by atoms with Gasteiger partial charge in [0.1, 0.15) is 9.71 Å². The molecule has 0 N–H and O–H groups in total. The summed E-state index contributed by atoms with van der Waals surface area (Å²) in [5, 5.41) is 0.664. The van der Waals surface area contributed by atoms with Crippen LogP contribution in [-0.2, 0) is 9.53 Å². The van der Waals surface area contributed by atoms with Crippen LogP contribution in [0.5, 0.6) is 17.2 Å². The van der Waals surface area contributed by atoms with Crippen LogP contribution in [0.25, 0.3) is 16.3 Å². The van der Waals surface area contributed by atoms with Crippen molar-refractivity contribution in [3.63, 3.8) is 0 Å². The number of esters is 1. The van der Waals surface area contributed by atoms with Gasteiger partial charge in [-0.05, 0) is 13.0 Å². The van der Waals surface area contributed by atoms with Crippen molar-refractivity contribution in [1.82, 2.24) is 4.98 Å². The normalized spacial score (nSPS) is 10.9. The molecule has 0 spiro atoms.